The number of anilines is 1. The molecule has 0 aliphatic heterocycles. The summed E-state index contributed by atoms with van der Waals surface area (Å²) in [5.41, 5.74) is 2.20. The maximum atomic E-state index is 5.18. The van der Waals surface area contributed by atoms with E-state index in [2.05, 4.69) is 26.3 Å². The summed E-state index contributed by atoms with van der Waals surface area (Å²) < 4.78 is 7.91. The van der Waals surface area contributed by atoms with Crippen LogP contribution in [-0.4, -0.2) is 16.9 Å². The second-order valence-corrected chi connectivity index (χ2v) is 4.58. The number of ether oxygens (including phenoxy) is 1. The quantitative estimate of drug-likeness (QED) is 0.943. The molecule has 4 nitrogen and oxygen atoms in total. The highest BCUT2D eigenvalue weighted by molar-refractivity contribution is 9.10. The molecule has 1 aromatic heterocycles. The van der Waals surface area contributed by atoms with E-state index < -0.39 is 0 Å². The Labute approximate surface area is 109 Å². The van der Waals surface area contributed by atoms with Crippen LogP contribution in [0.4, 0.5) is 5.69 Å². The Balaban J connectivity index is 2.02. The predicted octanol–water partition coefficient (Wildman–Crippen LogP) is 2.80. The number of nitrogens with one attached hydrogen (secondary N) is 1. The third-order valence-corrected chi connectivity index (χ3v) is 3.03. The van der Waals surface area contributed by atoms with Crippen LogP contribution >= 0.6 is 15.9 Å². The lowest BCUT2D eigenvalue weighted by Gasteiger charge is -2.08. The van der Waals surface area contributed by atoms with Crippen LogP contribution in [0, 0.1) is 0 Å². The third kappa shape index (κ3) is 3.00. The first kappa shape index (κ1) is 12.0. The molecule has 0 fully saturated rings. The van der Waals surface area contributed by atoms with Gasteiger partial charge in [0.25, 0.3) is 0 Å². The van der Waals surface area contributed by atoms with Gasteiger partial charge in [-0.05, 0) is 34.1 Å². The molecule has 2 aromatic rings. The van der Waals surface area contributed by atoms with Crippen LogP contribution in [0.15, 0.2) is 35.1 Å². The van der Waals surface area contributed by atoms with Crippen molar-refractivity contribution in [2.75, 3.05) is 12.4 Å². The van der Waals surface area contributed by atoms with E-state index in [1.807, 2.05) is 37.6 Å². The molecule has 0 radical (unpaired) electrons. The minimum atomic E-state index is 0.757. The standard InChI is InChI=1S/C12H14BrN3O/c1-16-8-9(7-15-16)6-14-10-3-4-12(17-2)11(13)5-10/h3-5,7-8,14H,6H2,1-2H3. The van der Waals surface area contributed by atoms with Gasteiger partial charge in [-0.15, -0.1) is 0 Å². The van der Waals surface area contributed by atoms with Gasteiger partial charge in [-0.3, -0.25) is 4.68 Å². The lowest BCUT2D eigenvalue weighted by molar-refractivity contribution is 0.412. The van der Waals surface area contributed by atoms with Crippen molar-refractivity contribution >= 4 is 21.6 Å². The van der Waals surface area contributed by atoms with Gasteiger partial charge < -0.3 is 10.1 Å². The Kier molecular flexibility index (Phi) is 3.68. The zero-order valence-electron chi connectivity index (χ0n) is 9.77. The second-order valence-electron chi connectivity index (χ2n) is 3.73. The van der Waals surface area contributed by atoms with Crippen LogP contribution in [0.2, 0.25) is 0 Å². The lowest BCUT2D eigenvalue weighted by atomic mass is 10.3. The fourth-order valence-corrected chi connectivity index (χ4v) is 2.08. The second kappa shape index (κ2) is 5.23. The predicted molar refractivity (Wildman–Crippen MR) is 71.2 cm³/mol. The largest absolute Gasteiger partial charge is 0.496 e. The molecule has 0 spiro atoms. The maximum Gasteiger partial charge on any atom is 0.133 e. The first-order chi connectivity index (χ1) is 8.19. The van der Waals surface area contributed by atoms with E-state index in [9.17, 15) is 0 Å². The summed E-state index contributed by atoms with van der Waals surface area (Å²) in [6, 6.07) is 5.91. The number of aromatic nitrogens is 2. The van der Waals surface area contributed by atoms with Gasteiger partial charge in [0, 0.05) is 31.0 Å². The normalized spacial score (nSPS) is 10.3. The number of aryl methyl sites for hydroxylation is 1. The molecular weight excluding hydrogens is 282 g/mol. The summed E-state index contributed by atoms with van der Waals surface area (Å²) in [6.07, 6.45) is 3.84. The molecule has 1 heterocycles. The number of hydrogen-bond acceptors (Lipinski definition) is 3. The van der Waals surface area contributed by atoms with Gasteiger partial charge in [-0.2, -0.15) is 5.10 Å². The van der Waals surface area contributed by atoms with Gasteiger partial charge >= 0.3 is 0 Å². The van der Waals surface area contributed by atoms with Crippen molar-refractivity contribution in [1.82, 2.24) is 9.78 Å². The molecule has 1 aromatic carbocycles. The molecule has 2 rings (SSSR count). The third-order valence-electron chi connectivity index (χ3n) is 2.41. The van der Waals surface area contributed by atoms with Crippen molar-refractivity contribution < 1.29 is 4.74 Å². The van der Waals surface area contributed by atoms with E-state index in [1.165, 1.54) is 0 Å². The van der Waals surface area contributed by atoms with Crippen LogP contribution in [0.3, 0.4) is 0 Å². The Morgan fingerprint density at radius 2 is 2.29 bits per heavy atom. The number of benzene rings is 1. The topological polar surface area (TPSA) is 39.1 Å². The molecule has 5 heteroatoms. The monoisotopic (exact) mass is 295 g/mol. The molecule has 1 N–H and O–H groups in total. The smallest absolute Gasteiger partial charge is 0.133 e. The zero-order valence-corrected chi connectivity index (χ0v) is 11.4. The number of halogens is 1. The molecule has 0 unspecified atom stereocenters. The molecule has 90 valence electrons. The molecule has 17 heavy (non-hydrogen) atoms. The van der Waals surface area contributed by atoms with Crippen molar-refractivity contribution in [2.24, 2.45) is 7.05 Å². The van der Waals surface area contributed by atoms with Gasteiger partial charge in [-0.1, -0.05) is 0 Å². The molecule has 0 aliphatic carbocycles. The minimum absolute atomic E-state index is 0.757. The average Bonchev–Trinajstić information content (AvgIpc) is 2.73. The Morgan fingerprint density at radius 3 is 2.88 bits per heavy atom. The molecule has 0 saturated carbocycles. The van der Waals surface area contributed by atoms with E-state index in [1.54, 1.807) is 11.8 Å². The van der Waals surface area contributed by atoms with Crippen molar-refractivity contribution in [2.45, 2.75) is 6.54 Å². The van der Waals surface area contributed by atoms with Gasteiger partial charge in [0.15, 0.2) is 0 Å². The van der Waals surface area contributed by atoms with Crippen molar-refractivity contribution in [3.8, 4) is 5.75 Å². The summed E-state index contributed by atoms with van der Waals surface area (Å²) >= 11 is 3.46. The molecule has 0 aliphatic rings. The lowest BCUT2D eigenvalue weighted by Crippen LogP contribution is -1.98. The van der Waals surface area contributed by atoms with Gasteiger partial charge in [0.1, 0.15) is 5.75 Å². The highest BCUT2D eigenvalue weighted by Gasteiger charge is 2.01. The van der Waals surface area contributed by atoms with Gasteiger partial charge in [0.05, 0.1) is 17.8 Å². The fraction of sp³-hybridized carbons (Fsp3) is 0.250. The fourth-order valence-electron chi connectivity index (χ4n) is 1.54. The summed E-state index contributed by atoms with van der Waals surface area (Å²) in [6.45, 7) is 0.757. The summed E-state index contributed by atoms with van der Waals surface area (Å²) in [4.78, 5) is 0. The maximum absolute atomic E-state index is 5.18. The number of hydrogen-bond donors (Lipinski definition) is 1. The zero-order chi connectivity index (χ0) is 12.3. The van der Waals surface area contributed by atoms with Crippen LogP contribution in [0.1, 0.15) is 5.56 Å². The SMILES string of the molecule is COc1ccc(NCc2cnn(C)c2)cc1Br. The average molecular weight is 296 g/mol. The van der Waals surface area contributed by atoms with Crippen molar-refractivity contribution in [3.63, 3.8) is 0 Å². The molecule has 0 saturated heterocycles. The van der Waals surface area contributed by atoms with E-state index in [4.69, 9.17) is 4.74 Å². The van der Waals surface area contributed by atoms with Crippen LogP contribution in [0.25, 0.3) is 0 Å². The molecule has 0 bridgehead atoms. The number of rotatable bonds is 4. The van der Waals surface area contributed by atoms with E-state index >= 15 is 0 Å². The Hall–Kier alpha value is -1.49. The molecule has 0 atom stereocenters. The Morgan fingerprint density at radius 1 is 1.47 bits per heavy atom. The van der Waals surface area contributed by atoms with Crippen molar-refractivity contribution in [3.05, 3.63) is 40.6 Å². The first-order valence-corrected chi connectivity index (χ1v) is 6.03. The Bertz CT molecular complexity index is 510. The number of nitrogens with zero attached hydrogens (tertiary/aromatic N) is 2. The molecular formula is C12H14BrN3O. The molecule has 0 amide bonds. The summed E-state index contributed by atoms with van der Waals surface area (Å²) in [5, 5.41) is 7.45. The van der Waals surface area contributed by atoms with Gasteiger partial charge in [-0.25, -0.2) is 0 Å². The summed E-state index contributed by atoms with van der Waals surface area (Å²) in [7, 11) is 3.57. The first-order valence-electron chi connectivity index (χ1n) is 5.24. The van der Waals surface area contributed by atoms with Crippen LogP contribution in [-0.2, 0) is 13.6 Å². The minimum Gasteiger partial charge on any atom is -0.496 e. The number of methoxy groups -OCH3 is 1. The highest BCUT2D eigenvalue weighted by atomic mass is 79.9. The van der Waals surface area contributed by atoms with Crippen LogP contribution in [0.5, 0.6) is 5.75 Å². The van der Waals surface area contributed by atoms with Crippen LogP contribution < -0.4 is 10.1 Å². The summed E-state index contributed by atoms with van der Waals surface area (Å²) in [5.74, 6) is 0.830. The van der Waals surface area contributed by atoms with E-state index in [0.29, 0.717) is 0 Å². The van der Waals surface area contributed by atoms with Crippen molar-refractivity contribution in [1.29, 1.82) is 0 Å². The van der Waals surface area contributed by atoms with E-state index in [-0.39, 0.29) is 0 Å². The van der Waals surface area contributed by atoms with E-state index in [0.717, 1.165) is 28.0 Å². The highest BCUT2D eigenvalue weighted by Crippen LogP contribution is 2.27. The van der Waals surface area contributed by atoms with Gasteiger partial charge in [0.2, 0.25) is 0 Å².